The number of rotatable bonds is 9. The van der Waals surface area contributed by atoms with Crippen molar-refractivity contribution in [1.82, 2.24) is 9.88 Å². The quantitative estimate of drug-likeness (QED) is 0.412. The number of aliphatic hydroxyl groups excluding tert-OH is 1. The number of hydrogen-bond donors (Lipinski definition) is 1. The van der Waals surface area contributed by atoms with Gasteiger partial charge in [0.2, 0.25) is 0 Å². The summed E-state index contributed by atoms with van der Waals surface area (Å²) in [6, 6.07) is 9.48. The van der Waals surface area contributed by atoms with Crippen molar-refractivity contribution >= 4 is 22.5 Å². The van der Waals surface area contributed by atoms with Crippen LogP contribution in [0.4, 0.5) is 8.78 Å². The van der Waals surface area contributed by atoms with Crippen LogP contribution in [0.25, 0.3) is 10.9 Å². The molecule has 1 unspecified atom stereocenters. The van der Waals surface area contributed by atoms with Gasteiger partial charge in [0, 0.05) is 24.2 Å². The highest BCUT2D eigenvalue weighted by molar-refractivity contribution is 6.32. The molecule has 1 fully saturated rings. The molecule has 0 aliphatic carbocycles. The maximum absolute atomic E-state index is 13.4. The van der Waals surface area contributed by atoms with Crippen molar-refractivity contribution in [2.24, 2.45) is 5.92 Å². The standard InChI is InChI=1S/C27H31ClF2N2O2/c1-34-22-5-6-26-24(16-22)23(25(28)17-31-26)3-2-4-27(33)19-8-11-32(12-9-19)10-7-18-13-20(29)15-21(30)14-18/h5-6,13-17,19,27,33H,2-4,7-12H2,1H3. The van der Waals surface area contributed by atoms with E-state index >= 15 is 0 Å². The van der Waals surface area contributed by atoms with E-state index in [1.807, 2.05) is 18.2 Å². The molecule has 1 aliphatic rings. The molecule has 3 aromatic rings. The number of pyridine rings is 1. The number of aromatic nitrogens is 1. The summed E-state index contributed by atoms with van der Waals surface area (Å²) in [4.78, 5) is 6.71. The Kier molecular flexibility index (Phi) is 8.35. The summed E-state index contributed by atoms with van der Waals surface area (Å²) in [6.45, 7) is 2.54. The monoisotopic (exact) mass is 488 g/mol. The number of hydrogen-bond acceptors (Lipinski definition) is 4. The Hall–Kier alpha value is -2.28. The lowest BCUT2D eigenvalue weighted by atomic mass is 9.88. The first-order chi connectivity index (χ1) is 16.4. The van der Waals surface area contributed by atoms with Gasteiger partial charge < -0.3 is 14.7 Å². The Morgan fingerprint density at radius 2 is 1.85 bits per heavy atom. The SMILES string of the molecule is COc1ccc2ncc(Cl)c(CCCC(O)C3CCN(CCc4cc(F)cc(F)c4)CC3)c2c1. The van der Waals surface area contributed by atoms with Gasteiger partial charge in [-0.1, -0.05) is 11.6 Å². The summed E-state index contributed by atoms with van der Waals surface area (Å²) in [5.41, 5.74) is 2.61. The van der Waals surface area contributed by atoms with E-state index in [0.717, 1.165) is 80.0 Å². The zero-order valence-corrected chi connectivity index (χ0v) is 20.2. The van der Waals surface area contributed by atoms with E-state index in [1.54, 1.807) is 13.3 Å². The van der Waals surface area contributed by atoms with Crippen LogP contribution >= 0.6 is 11.6 Å². The second-order valence-electron chi connectivity index (χ2n) is 9.13. The van der Waals surface area contributed by atoms with Crippen molar-refractivity contribution < 1.29 is 18.6 Å². The molecule has 0 bridgehead atoms. The van der Waals surface area contributed by atoms with Gasteiger partial charge in [0.25, 0.3) is 0 Å². The molecule has 2 heterocycles. The Labute approximate surface area is 204 Å². The van der Waals surface area contributed by atoms with E-state index in [4.69, 9.17) is 16.3 Å². The van der Waals surface area contributed by atoms with Crippen molar-refractivity contribution in [2.75, 3.05) is 26.7 Å². The largest absolute Gasteiger partial charge is 0.497 e. The minimum Gasteiger partial charge on any atom is -0.497 e. The van der Waals surface area contributed by atoms with Crippen molar-refractivity contribution in [3.63, 3.8) is 0 Å². The fourth-order valence-corrected chi connectivity index (χ4v) is 5.16. The Bertz CT molecular complexity index is 1100. The first-order valence-corrected chi connectivity index (χ1v) is 12.3. The normalized spacial score (nSPS) is 16.1. The van der Waals surface area contributed by atoms with Gasteiger partial charge in [0.05, 0.1) is 23.8 Å². The average Bonchev–Trinajstić information content (AvgIpc) is 2.83. The molecule has 0 radical (unpaired) electrons. The lowest BCUT2D eigenvalue weighted by molar-refractivity contribution is 0.0527. The highest BCUT2D eigenvalue weighted by atomic mass is 35.5. The van der Waals surface area contributed by atoms with E-state index in [-0.39, 0.29) is 12.0 Å². The molecular weight excluding hydrogens is 458 g/mol. The first-order valence-electron chi connectivity index (χ1n) is 11.9. The zero-order valence-electron chi connectivity index (χ0n) is 19.4. The molecule has 2 aromatic carbocycles. The van der Waals surface area contributed by atoms with E-state index in [2.05, 4.69) is 9.88 Å². The number of piperidine rings is 1. The fraction of sp³-hybridized carbons (Fsp3) is 0.444. The van der Waals surface area contributed by atoms with Gasteiger partial charge >= 0.3 is 0 Å². The molecule has 4 rings (SSSR count). The molecule has 182 valence electrons. The number of methoxy groups -OCH3 is 1. The van der Waals surface area contributed by atoms with E-state index < -0.39 is 11.6 Å². The minimum atomic E-state index is -0.531. The Morgan fingerprint density at radius 1 is 1.12 bits per heavy atom. The molecule has 34 heavy (non-hydrogen) atoms. The average molecular weight is 489 g/mol. The van der Waals surface area contributed by atoms with Crippen LogP contribution in [0.1, 0.15) is 36.8 Å². The number of aryl methyl sites for hydroxylation is 1. The number of benzene rings is 2. The Balaban J connectivity index is 1.25. The molecular formula is C27H31ClF2N2O2. The molecule has 1 aromatic heterocycles. The summed E-state index contributed by atoms with van der Waals surface area (Å²) in [5.74, 6) is -0.0196. The molecule has 0 spiro atoms. The van der Waals surface area contributed by atoms with Gasteiger partial charge in [0.15, 0.2) is 0 Å². The lowest BCUT2D eigenvalue weighted by Gasteiger charge is -2.34. The molecule has 1 atom stereocenters. The lowest BCUT2D eigenvalue weighted by Crippen LogP contribution is -2.38. The maximum atomic E-state index is 13.4. The molecule has 4 nitrogen and oxygen atoms in total. The van der Waals surface area contributed by atoms with Crippen molar-refractivity contribution in [2.45, 2.75) is 44.6 Å². The van der Waals surface area contributed by atoms with Crippen LogP contribution in [-0.2, 0) is 12.8 Å². The summed E-state index contributed by atoms with van der Waals surface area (Å²) < 4.78 is 32.1. The third kappa shape index (κ3) is 6.23. The minimum absolute atomic E-state index is 0.271. The van der Waals surface area contributed by atoms with Gasteiger partial charge in [-0.25, -0.2) is 8.78 Å². The topological polar surface area (TPSA) is 45.6 Å². The van der Waals surface area contributed by atoms with Gasteiger partial charge in [-0.15, -0.1) is 0 Å². The highest BCUT2D eigenvalue weighted by Gasteiger charge is 2.25. The first kappa shape index (κ1) is 24.8. The zero-order chi connectivity index (χ0) is 24.1. The van der Waals surface area contributed by atoms with Crippen LogP contribution in [0.5, 0.6) is 5.75 Å². The number of nitrogens with zero attached hydrogens (tertiary/aromatic N) is 2. The van der Waals surface area contributed by atoms with Crippen LogP contribution in [0.15, 0.2) is 42.6 Å². The summed E-state index contributed by atoms with van der Waals surface area (Å²) >= 11 is 6.46. The maximum Gasteiger partial charge on any atom is 0.126 e. The molecule has 0 amide bonds. The number of fused-ring (bicyclic) bond motifs is 1. The van der Waals surface area contributed by atoms with E-state index in [9.17, 15) is 13.9 Å². The molecule has 1 saturated heterocycles. The van der Waals surface area contributed by atoms with Crippen LogP contribution in [0, 0.1) is 17.6 Å². The van der Waals surface area contributed by atoms with Crippen molar-refractivity contribution in [3.8, 4) is 5.75 Å². The summed E-state index contributed by atoms with van der Waals surface area (Å²) in [7, 11) is 1.64. The smallest absolute Gasteiger partial charge is 0.126 e. The second kappa shape index (κ2) is 11.4. The summed E-state index contributed by atoms with van der Waals surface area (Å²) in [6.07, 6.45) is 6.14. The van der Waals surface area contributed by atoms with Crippen LogP contribution < -0.4 is 4.74 Å². The van der Waals surface area contributed by atoms with Crippen LogP contribution in [-0.4, -0.2) is 47.8 Å². The fourth-order valence-electron chi connectivity index (χ4n) is 4.91. The second-order valence-corrected chi connectivity index (χ2v) is 9.54. The predicted octanol–water partition coefficient (Wildman–Crippen LogP) is 5.81. The van der Waals surface area contributed by atoms with Gasteiger partial charge in [-0.05, 0) is 99.0 Å². The molecule has 1 N–H and O–H groups in total. The molecule has 0 saturated carbocycles. The van der Waals surface area contributed by atoms with E-state index in [0.29, 0.717) is 17.0 Å². The highest BCUT2D eigenvalue weighted by Crippen LogP contribution is 2.30. The van der Waals surface area contributed by atoms with Crippen molar-refractivity contribution in [3.05, 3.63) is 70.4 Å². The van der Waals surface area contributed by atoms with Crippen LogP contribution in [0.3, 0.4) is 0 Å². The molecule has 1 aliphatic heterocycles. The molecule has 7 heteroatoms. The van der Waals surface area contributed by atoms with Gasteiger partial charge in [0.1, 0.15) is 17.4 Å². The van der Waals surface area contributed by atoms with Gasteiger partial charge in [-0.2, -0.15) is 0 Å². The number of aliphatic hydroxyl groups is 1. The van der Waals surface area contributed by atoms with Crippen molar-refractivity contribution in [1.29, 1.82) is 0 Å². The summed E-state index contributed by atoms with van der Waals surface area (Å²) in [5, 5.41) is 12.4. The number of likely N-dealkylation sites (tertiary alicyclic amines) is 1. The third-order valence-corrected chi connectivity index (χ3v) is 7.20. The predicted molar refractivity (Wildman–Crippen MR) is 131 cm³/mol. The van der Waals surface area contributed by atoms with Crippen LogP contribution in [0.2, 0.25) is 5.02 Å². The third-order valence-electron chi connectivity index (χ3n) is 6.88. The Morgan fingerprint density at radius 3 is 2.56 bits per heavy atom. The van der Waals surface area contributed by atoms with Gasteiger partial charge in [-0.3, -0.25) is 4.98 Å². The number of ether oxygens (including phenoxy) is 1. The number of halogens is 3. The van der Waals surface area contributed by atoms with E-state index in [1.165, 1.54) is 12.1 Å².